The summed E-state index contributed by atoms with van der Waals surface area (Å²) in [6.45, 7) is 2.84. The molecule has 1 aromatic rings. The van der Waals surface area contributed by atoms with E-state index < -0.39 is 0 Å². The van der Waals surface area contributed by atoms with Gasteiger partial charge in [0.25, 0.3) is 0 Å². The molecule has 6 heteroatoms. The molecule has 12 heavy (non-hydrogen) atoms. The summed E-state index contributed by atoms with van der Waals surface area (Å²) >= 11 is 1.44. The Bertz CT molecular complexity index is 242. The van der Waals surface area contributed by atoms with Crippen LogP contribution in [0, 0.1) is 0 Å². The Labute approximate surface area is 74.9 Å². The number of aromatic nitrogens is 2. The smallest absolute Gasteiger partial charge is 0.212 e. The summed E-state index contributed by atoms with van der Waals surface area (Å²) in [5.74, 6) is 0.717. The predicted molar refractivity (Wildman–Crippen MR) is 50.6 cm³/mol. The monoisotopic (exact) mass is 185 g/mol. The molecule has 0 radical (unpaired) electrons. The average molecular weight is 185 g/mol. The fourth-order valence-corrected chi connectivity index (χ4v) is 1.12. The van der Waals surface area contributed by atoms with Crippen molar-refractivity contribution in [3.05, 3.63) is 5.51 Å². The van der Waals surface area contributed by atoms with E-state index in [1.807, 2.05) is 6.92 Å². The van der Waals surface area contributed by atoms with Crippen LogP contribution in [0.5, 0.6) is 0 Å². The molecule has 0 fully saturated rings. The molecule has 5 nitrogen and oxygen atoms in total. The molecule has 0 aliphatic carbocycles. The van der Waals surface area contributed by atoms with E-state index in [1.165, 1.54) is 11.3 Å². The van der Waals surface area contributed by atoms with Crippen molar-refractivity contribution in [1.29, 1.82) is 0 Å². The molecule has 2 N–H and O–H groups in total. The summed E-state index contributed by atoms with van der Waals surface area (Å²) in [5, 5.41) is 14.3. The Kier molecular flexibility index (Phi) is 3.46. The van der Waals surface area contributed by atoms with Crippen LogP contribution >= 0.6 is 11.3 Å². The van der Waals surface area contributed by atoms with Crippen molar-refractivity contribution >= 4 is 22.4 Å². The molecule has 1 aromatic heterocycles. The second-order valence-corrected chi connectivity index (χ2v) is 2.80. The first-order chi connectivity index (χ1) is 5.86. The van der Waals surface area contributed by atoms with Crippen molar-refractivity contribution in [2.24, 2.45) is 4.99 Å². The van der Waals surface area contributed by atoms with E-state index >= 15 is 0 Å². The Hall–Kier alpha value is -1.17. The lowest BCUT2D eigenvalue weighted by molar-refractivity contribution is 0.955. The van der Waals surface area contributed by atoms with Crippen LogP contribution < -0.4 is 10.6 Å². The van der Waals surface area contributed by atoms with Crippen LogP contribution in [0.15, 0.2) is 10.5 Å². The van der Waals surface area contributed by atoms with E-state index in [9.17, 15) is 0 Å². The minimum absolute atomic E-state index is 0.717. The van der Waals surface area contributed by atoms with Crippen molar-refractivity contribution in [3.63, 3.8) is 0 Å². The first kappa shape index (κ1) is 8.92. The molecule has 1 rings (SSSR count). The van der Waals surface area contributed by atoms with Gasteiger partial charge in [0.05, 0.1) is 0 Å². The van der Waals surface area contributed by atoms with Gasteiger partial charge in [0.15, 0.2) is 5.96 Å². The molecule has 1 heterocycles. The zero-order chi connectivity index (χ0) is 8.81. The maximum atomic E-state index is 3.99. The lowest BCUT2D eigenvalue weighted by Gasteiger charge is -2.05. The van der Waals surface area contributed by atoms with Gasteiger partial charge in [-0.2, -0.15) is 0 Å². The van der Waals surface area contributed by atoms with Crippen molar-refractivity contribution in [1.82, 2.24) is 15.5 Å². The maximum Gasteiger partial charge on any atom is 0.212 e. The number of hydrogen-bond donors (Lipinski definition) is 2. The van der Waals surface area contributed by atoms with Gasteiger partial charge >= 0.3 is 0 Å². The number of nitrogens with zero attached hydrogens (tertiary/aromatic N) is 3. The van der Waals surface area contributed by atoms with Gasteiger partial charge in [-0.1, -0.05) is 11.3 Å². The van der Waals surface area contributed by atoms with E-state index in [1.54, 1.807) is 12.6 Å². The molecule has 0 aromatic carbocycles. The van der Waals surface area contributed by atoms with Crippen LogP contribution in [0.25, 0.3) is 0 Å². The zero-order valence-corrected chi connectivity index (χ0v) is 7.85. The van der Waals surface area contributed by atoms with Crippen LogP contribution in [0.3, 0.4) is 0 Å². The van der Waals surface area contributed by atoms with Crippen molar-refractivity contribution in [3.8, 4) is 0 Å². The molecule has 0 spiro atoms. The number of nitrogens with one attached hydrogen (secondary N) is 2. The molecule has 0 aliphatic heterocycles. The number of anilines is 1. The highest BCUT2D eigenvalue weighted by molar-refractivity contribution is 7.13. The average Bonchev–Trinajstić information content (AvgIpc) is 2.56. The third kappa shape index (κ3) is 2.46. The van der Waals surface area contributed by atoms with Gasteiger partial charge in [0.2, 0.25) is 5.13 Å². The first-order valence-electron chi connectivity index (χ1n) is 3.60. The maximum absolute atomic E-state index is 3.99. The summed E-state index contributed by atoms with van der Waals surface area (Å²) in [6, 6.07) is 0. The largest absolute Gasteiger partial charge is 0.356 e. The third-order valence-corrected chi connectivity index (χ3v) is 1.76. The summed E-state index contributed by atoms with van der Waals surface area (Å²) in [5.41, 5.74) is 1.67. The highest BCUT2D eigenvalue weighted by Crippen LogP contribution is 2.06. The van der Waals surface area contributed by atoms with E-state index in [-0.39, 0.29) is 0 Å². The quantitative estimate of drug-likeness (QED) is 0.521. The van der Waals surface area contributed by atoms with Crippen LogP contribution in [0.1, 0.15) is 6.92 Å². The molecule has 0 saturated heterocycles. The second kappa shape index (κ2) is 4.66. The third-order valence-electron chi connectivity index (χ3n) is 1.15. The fourth-order valence-electron chi connectivity index (χ4n) is 0.675. The van der Waals surface area contributed by atoms with Gasteiger partial charge in [0.1, 0.15) is 5.51 Å². The Balaban J connectivity index is 2.49. The van der Waals surface area contributed by atoms with E-state index in [4.69, 9.17) is 0 Å². The van der Waals surface area contributed by atoms with Gasteiger partial charge in [-0.25, -0.2) is 0 Å². The summed E-state index contributed by atoms with van der Waals surface area (Å²) in [7, 11) is 1.71. The predicted octanol–water partition coefficient (Wildman–Crippen LogP) is 0.545. The number of aliphatic imine (C=N–C) groups is 1. The normalized spacial score (nSPS) is 11.3. The molecule has 0 amide bonds. The Morgan fingerprint density at radius 1 is 1.75 bits per heavy atom. The van der Waals surface area contributed by atoms with Gasteiger partial charge in [-0.15, -0.1) is 10.2 Å². The van der Waals surface area contributed by atoms with E-state index in [0.717, 1.165) is 11.7 Å². The summed E-state index contributed by atoms with van der Waals surface area (Å²) < 4.78 is 0. The Morgan fingerprint density at radius 2 is 2.58 bits per heavy atom. The standard InChI is InChI=1S/C6H11N5S/c1-3-8-5(7-2)10-6-11-9-4-12-6/h4H,3H2,1-2H3,(H2,7,8,10,11). The molecule has 0 atom stereocenters. The number of rotatable bonds is 2. The van der Waals surface area contributed by atoms with Gasteiger partial charge in [-0.05, 0) is 6.92 Å². The van der Waals surface area contributed by atoms with Crippen molar-refractivity contribution in [2.75, 3.05) is 18.9 Å². The van der Waals surface area contributed by atoms with Crippen LogP contribution in [-0.2, 0) is 0 Å². The van der Waals surface area contributed by atoms with Crippen LogP contribution in [0.4, 0.5) is 5.13 Å². The topological polar surface area (TPSA) is 62.2 Å². The number of hydrogen-bond acceptors (Lipinski definition) is 4. The molecule has 0 saturated carbocycles. The minimum atomic E-state index is 0.717. The minimum Gasteiger partial charge on any atom is -0.356 e. The highest BCUT2D eigenvalue weighted by atomic mass is 32.1. The van der Waals surface area contributed by atoms with Crippen molar-refractivity contribution < 1.29 is 0 Å². The lowest BCUT2D eigenvalue weighted by Crippen LogP contribution is -2.30. The van der Waals surface area contributed by atoms with Crippen LogP contribution in [0.2, 0.25) is 0 Å². The SMILES string of the molecule is CCNC(=NC)Nc1nncs1. The fraction of sp³-hybridized carbons (Fsp3) is 0.500. The number of guanidine groups is 1. The zero-order valence-electron chi connectivity index (χ0n) is 7.03. The van der Waals surface area contributed by atoms with Gasteiger partial charge in [0, 0.05) is 13.6 Å². The van der Waals surface area contributed by atoms with E-state index in [0.29, 0.717) is 5.96 Å². The first-order valence-corrected chi connectivity index (χ1v) is 4.48. The lowest BCUT2D eigenvalue weighted by atomic mass is 10.7. The second-order valence-electron chi connectivity index (χ2n) is 1.97. The van der Waals surface area contributed by atoms with Gasteiger partial charge in [-0.3, -0.25) is 4.99 Å². The molecule has 0 bridgehead atoms. The molecule has 66 valence electrons. The van der Waals surface area contributed by atoms with E-state index in [2.05, 4.69) is 25.8 Å². The molecular weight excluding hydrogens is 174 g/mol. The molecule has 0 aliphatic rings. The molecule has 0 unspecified atom stereocenters. The highest BCUT2D eigenvalue weighted by Gasteiger charge is 1.98. The molecular formula is C6H11N5S. The van der Waals surface area contributed by atoms with Crippen molar-refractivity contribution in [2.45, 2.75) is 6.92 Å². The summed E-state index contributed by atoms with van der Waals surface area (Å²) in [6.07, 6.45) is 0. The summed E-state index contributed by atoms with van der Waals surface area (Å²) in [4.78, 5) is 3.99. The van der Waals surface area contributed by atoms with Crippen LogP contribution in [-0.4, -0.2) is 29.7 Å². The van der Waals surface area contributed by atoms with Gasteiger partial charge < -0.3 is 10.6 Å². The Morgan fingerprint density at radius 3 is 3.08 bits per heavy atom.